The fourth-order valence-electron chi connectivity index (χ4n) is 6.12. The first-order valence-corrected chi connectivity index (χ1v) is 34.5. The molecule has 0 fully saturated rings. The maximum atomic E-state index is 2.89. The van der Waals surface area contributed by atoms with Gasteiger partial charge in [0.2, 0.25) is 0 Å². The zero-order chi connectivity index (χ0) is 17.7. The van der Waals surface area contributed by atoms with E-state index in [2.05, 4.69) is 91.7 Å². The predicted octanol–water partition coefficient (Wildman–Crippen LogP) is 5.13. The molecule has 0 heterocycles. The summed E-state index contributed by atoms with van der Waals surface area (Å²) in [4.78, 5) is 0. The van der Waals surface area contributed by atoms with Gasteiger partial charge in [0.1, 0.15) is 0 Å². The van der Waals surface area contributed by atoms with E-state index in [0.29, 0.717) is 0 Å². The largest absolute Gasteiger partial charge is 0.0743 e. The van der Waals surface area contributed by atoms with Crippen molar-refractivity contribution in [2.24, 2.45) is 0 Å². The van der Waals surface area contributed by atoms with E-state index < -0.39 is 37.5 Å². The van der Waals surface area contributed by atoms with Crippen molar-refractivity contribution >= 4 is 69.8 Å². The molecule has 0 N–H and O–H groups in total. The van der Waals surface area contributed by atoms with Crippen LogP contribution in [-0.4, -0.2) is 69.8 Å². The summed E-state index contributed by atoms with van der Waals surface area (Å²) in [5, 5.41) is 0. The van der Waals surface area contributed by atoms with E-state index in [0.717, 1.165) is 0 Å². The third-order valence-corrected chi connectivity index (χ3v) is 128. The van der Waals surface area contributed by atoms with Crippen molar-refractivity contribution in [1.29, 1.82) is 0 Å². The zero-order valence-electron chi connectivity index (χ0n) is 18.0. The molecular weight excluding hydrogens is 437 g/mol. The fraction of sp³-hybridized carbons (Fsp3) is 1.00. The summed E-state index contributed by atoms with van der Waals surface area (Å²) in [5.74, 6) is 0. The topological polar surface area (TPSA) is 0 Å². The van der Waals surface area contributed by atoms with E-state index in [1.807, 2.05) is 0 Å². The normalized spacial score (nSPS) is 15.3. The Kier molecular flexibility index (Phi) is 9.26. The second kappa shape index (κ2) is 7.75. The Balaban J connectivity index is 0. The Morgan fingerprint density at radius 3 is 0.591 bits per heavy atom. The molecule has 0 aromatic heterocycles. The summed E-state index contributed by atoms with van der Waals surface area (Å²) in [5.41, 5.74) is 0. The van der Waals surface area contributed by atoms with Crippen LogP contribution >= 0.6 is 0 Å². The van der Waals surface area contributed by atoms with Crippen molar-refractivity contribution in [3.8, 4) is 0 Å². The third kappa shape index (κ3) is 6.75. The molecule has 0 nitrogen and oxygen atoms in total. The van der Waals surface area contributed by atoms with Crippen molar-refractivity contribution in [3.05, 3.63) is 0 Å². The zero-order valence-corrected chi connectivity index (χ0v) is 27.1. The molecule has 0 saturated carbocycles. The van der Waals surface area contributed by atoms with Crippen LogP contribution in [-0.2, 0) is 0 Å². The molecule has 0 aliphatic heterocycles. The van der Waals surface area contributed by atoms with Crippen LogP contribution in [0.2, 0.25) is 91.7 Å². The molecule has 0 atom stereocenters. The Morgan fingerprint density at radius 1 is 0.364 bits per heavy atom. The molecular formula is C14H42GeSi7. The van der Waals surface area contributed by atoms with Crippen LogP contribution in [0.15, 0.2) is 0 Å². The van der Waals surface area contributed by atoms with E-state index >= 15 is 0 Å². The molecule has 0 saturated heterocycles. The summed E-state index contributed by atoms with van der Waals surface area (Å²) < 4.78 is 0. The van der Waals surface area contributed by atoms with Crippen molar-refractivity contribution < 1.29 is 0 Å². The molecule has 22 heavy (non-hydrogen) atoms. The molecule has 0 amide bonds. The molecule has 8 heteroatoms. The first-order chi connectivity index (χ1) is 8.73. The van der Waals surface area contributed by atoms with Gasteiger partial charge >= 0.3 is 0 Å². The molecule has 0 unspecified atom stereocenters. The predicted molar refractivity (Wildman–Crippen MR) is 128 cm³/mol. The second-order valence-electron chi connectivity index (χ2n) is 11.4. The van der Waals surface area contributed by atoms with Crippen molar-refractivity contribution in [2.45, 2.75) is 91.7 Å². The smallest absolute Gasteiger partial charge is 0.0303 e. The molecule has 6 radical (unpaired) electrons. The molecule has 130 valence electrons. The maximum Gasteiger partial charge on any atom is 0.0303 e. The summed E-state index contributed by atoms with van der Waals surface area (Å²) in [6.45, 7) is 38.5. The number of rotatable bonds is 6. The second-order valence-corrected chi connectivity index (χ2v) is 79.1. The van der Waals surface area contributed by atoms with E-state index in [1.54, 1.807) is 0 Å². The van der Waals surface area contributed by atoms with Gasteiger partial charge in [-0.2, -0.15) is 0 Å². The van der Waals surface area contributed by atoms with Gasteiger partial charge in [-0.1, -0.05) is 91.7 Å². The van der Waals surface area contributed by atoms with Crippen LogP contribution in [0.4, 0.5) is 0 Å². The Hall–Kier alpha value is 2.06. The number of hydrogen-bond acceptors (Lipinski definition) is 0. The van der Waals surface area contributed by atoms with Gasteiger partial charge in [0.25, 0.3) is 0 Å². The van der Waals surface area contributed by atoms with E-state index in [4.69, 9.17) is 0 Å². The maximum absolute atomic E-state index is 2.89. The Morgan fingerprint density at radius 2 is 0.500 bits per heavy atom. The SMILES string of the molecule is C[Si](C)(C)[Si]([Si](C)(C)C)[Si](C)(C)[Si]([Si](C)(C)C)[Si](C)(C)C.[Ge]. The van der Waals surface area contributed by atoms with Crippen LogP contribution in [0.25, 0.3) is 0 Å². The average molecular weight is 480 g/mol. The molecule has 0 aromatic rings. The Bertz CT molecular complexity index is 293. The monoisotopic (exact) mass is 480 g/mol. The summed E-state index contributed by atoms with van der Waals surface area (Å²) in [6, 6.07) is 0. The van der Waals surface area contributed by atoms with E-state index in [9.17, 15) is 0 Å². The van der Waals surface area contributed by atoms with Crippen LogP contribution in [0.3, 0.4) is 0 Å². The molecule has 0 aromatic carbocycles. The van der Waals surface area contributed by atoms with Crippen LogP contribution in [0.5, 0.6) is 0 Å². The fourth-order valence-corrected chi connectivity index (χ4v) is 233. The summed E-state index contributed by atoms with van der Waals surface area (Å²) in [7, 11) is -5.15. The van der Waals surface area contributed by atoms with Crippen molar-refractivity contribution in [3.63, 3.8) is 0 Å². The molecule has 0 rings (SSSR count). The minimum atomic E-state index is -1.05. The van der Waals surface area contributed by atoms with Crippen LogP contribution in [0, 0.1) is 0 Å². The van der Waals surface area contributed by atoms with Crippen LogP contribution < -0.4 is 0 Å². The van der Waals surface area contributed by atoms with E-state index in [1.165, 1.54) is 0 Å². The van der Waals surface area contributed by atoms with Gasteiger partial charge in [-0.25, -0.2) is 0 Å². The average Bonchev–Trinajstić information content (AvgIpc) is 1.84. The van der Waals surface area contributed by atoms with Gasteiger partial charge in [-0.3, -0.25) is 0 Å². The summed E-state index contributed by atoms with van der Waals surface area (Å²) >= 11 is 0. The van der Waals surface area contributed by atoms with Crippen molar-refractivity contribution in [1.82, 2.24) is 0 Å². The van der Waals surface area contributed by atoms with Gasteiger partial charge in [-0.15, -0.1) is 0 Å². The van der Waals surface area contributed by atoms with E-state index in [-0.39, 0.29) is 32.3 Å². The molecule has 0 spiro atoms. The molecule has 0 aliphatic carbocycles. The molecule has 0 bridgehead atoms. The van der Waals surface area contributed by atoms with Gasteiger partial charge in [0.05, 0.1) is 0 Å². The van der Waals surface area contributed by atoms with Gasteiger partial charge < -0.3 is 0 Å². The summed E-state index contributed by atoms with van der Waals surface area (Å²) in [6.07, 6.45) is 0. The first kappa shape index (κ1) is 26.3. The van der Waals surface area contributed by atoms with Crippen LogP contribution in [0.1, 0.15) is 0 Å². The first-order valence-electron chi connectivity index (χ1n) is 8.50. The van der Waals surface area contributed by atoms with Crippen molar-refractivity contribution in [2.75, 3.05) is 0 Å². The standard InChI is InChI=1S/C14H42Si7.Ge/c1-17(2,3)15(18(4,5)6)21(13,14)16(19(7,8)9)20(10,11)12;/h1-14H3;. The third-order valence-electron chi connectivity index (χ3n) is 4.25. The number of hydrogen-bond donors (Lipinski definition) is 0. The molecule has 0 aliphatic rings. The minimum Gasteiger partial charge on any atom is -0.0743 e. The van der Waals surface area contributed by atoms with Gasteiger partial charge in [-0.05, 0) is 0 Å². The van der Waals surface area contributed by atoms with Gasteiger partial charge in [0.15, 0.2) is 0 Å². The Labute approximate surface area is 160 Å². The van der Waals surface area contributed by atoms with Gasteiger partial charge in [0, 0.05) is 69.8 Å². The minimum absolute atomic E-state index is 0. The quantitative estimate of drug-likeness (QED) is 0.464.